The minimum Gasteiger partial charge on any atom is -0.502 e. The topological polar surface area (TPSA) is 94.5 Å². The van der Waals surface area contributed by atoms with Crippen LogP contribution in [0.5, 0.6) is 17.2 Å². The van der Waals surface area contributed by atoms with Crippen molar-refractivity contribution in [2.45, 2.75) is 12.5 Å². The smallest absolute Gasteiger partial charge is 0.336 e. The van der Waals surface area contributed by atoms with E-state index in [4.69, 9.17) is 30.5 Å². The quantitative estimate of drug-likeness (QED) is 0.607. The van der Waals surface area contributed by atoms with Crippen LogP contribution in [-0.2, 0) is 25.6 Å². The first kappa shape index (κ1) is 24.0. The van der Waals surface area contributed by atoms with Crippen molar-refractivity contribution >= 4 is 23.5 Å². The van der Waals surface area contributed by atoms with E-state index in [0.29, 0.717) is 17.1 Å². The fourth-order valence-electron chi connectivity index (χ4n) is 3.62. The lowest BCUT2D eigenvalue weighted by Gasteiger charge is -2.30. The molecule has 0 aromatic heterocycles. The highest BCUT2D eigenvalue weighted by molar-refractivity contribution is 6.30. The molecule has 1 aliphatic heterocycles. The lowest BCUT2D eigenvalue weighted by atomic mass is 9.83. The Hall–Kier alpha value is -3.65. The summed E-state index contributed by atoms with van der Waals surface area (Å²) in [5, 5.41) is 10.9. The Labute approximate surface area is 196 Å². The van der Waals surface area contributed by atoms with Crippen LogP contribution in [0.15, 0.2) is 59.9 Å². The van der Waals surface area contributed by atoms with E-state index in [-0.39, 0.29) is 28.4 Å². The largest absolute Gasteiger partial charge is 0.502 e. The van der Waals surface area contributed by atoms with E-state index in [1.54, 1.807) is 29.4 Å². The van der Waals surface area contributed by atoms with Gasteiger partial charge in [-0.05, 0) is 35.4 Å². The molecule has 0 atom stereocenters. The van der Waals surface area contributed by atoms with Gasteiger partial charge in [0.1, 0.15) is 0 Å². The van der Waals surface area contributed by atoms with Crippen molar-refractivity contribution in [1.82, 2.24) is 4.90 Å². The Morgan fingerprint density at radius 1 is 0.909 bits per heavy atom. The van der Waals surface area contributed by atoms with Crippen LogP contribution in [0.2, 0.25) is 5.02 Å². The molecule has 3 rings (SSSR count). The standard InChI is InChI=1S/C24H24ClNO7/c1-30-19-9-15(10-20(31-2)22(19)27)21-17(23(28)32-3)12-26(13-18(21)24(29)33-4)11-14-5-7-16(25)8-6-14/h5-10,12-13,21,27H,11H2,1-4H3. The predicted molar refractivity (Wildman–Crippen MR) is 121 cm³/mol. The SMILES string of the molecule is COC(=O)C1=CN(Cc2ccc(Cl)cc2)C=C(C(=O)OC)C1c1cc(OC)c(O)c(OC)c1. The van der Waals surface area contributed by atoms with Crippen molar-refractivity contribution in [3.05, 3.63) is 76.1 Å². The monoisotopic (exact) mass is 473 g/mol. The zero-order valence-corrected chi connectivity index (χ0v) is 19.4. The number of methoxy groups -OCH3 is 4. The number of benzene rings is 2. The summed E-state index contributed by atoms with van der Waals surface area (Å²) >= 11 is 5.97. The van der Waals surface area contributed by atoms with Gasteiger partial charge in [0.05, 0.1) is 45.5 Å². The second-order valence-corrected chi connectivity index (χ2v) is 7.59. The third kappa shape index (κ3) is 5.06. The van der Waals surface area contributed by atoms with E-state index < -0.39 is 17.9 Å². The van der Waals surface area contributed by atoms with E-state index in [1.165, 1.54) is 40.6 Å². The third-order valence-corrected chi connectivity index (χ3v) is 5.44. The molecule has 8 nitrogen and oxygen atoms in total. The van der Waals surface area contributed by atoms with Crippen LogP contribution < -0.4 is 9.47 Å². The Morgan fingerprint density at radius 3 is 1.82 bits per heavy atom. The van der Waals surface area contributed by atoms with Gasteiger partial charge >= 0.3 is 11.9 Å². The number of esters is 2. The molecular weight excluding hydrogens is 450 g/mol. The van der Waals surface area contributed by atoms with Gasteiger partial charge in [-0.15, -0.1) is 0 Å². The summed E-state index contributed by atoms with van der Waals surface area (Å²) in [6, 6.07) is 10.3. The number of ether oxygens (including phenoxy) is 4. The average Bonchev–Trinajstić information content (AvgIpc) is 2.84. The van der Waals surface area contributed by atoms with Crippen LogP contribution in [-0.4, -0.2) is 50.4 Å². The molecule has 0 saturated heterocycles. The van der Waals surface area contributed by atoms with Crippen LogP contribution in [0.4, 0.5) is 0 Å². The lowest BCUT2D eigenvalue weighted by Crippen LogP contribution is -2.28. The molecule has 1 N–H and O–H groups in total. The molecule has 0 radical (unpaired) electrons. The number of phenols is 1. The number of aromatic hydroxyl groups is 1. The van der Waals surface area contributed by atoms with Crippen LogP contribution >= 0.6 is 11.6 Å². The summed E-state index contributed by atoms with van der Waals surface area (Å²) in [5.41, 5.74) is 1.78. The highest BCUT2D eigenvalue weighted by Crippen LogP contribution is 2.44. The van der Waals surface area contributed by atoms with Gasteiger partial charge in [0.25, 0.3) is 0 Å². The Bertz CT molecular complexity index is 1050. The van der Waals surface area contributed by atoms with Crippen LogP contribution in [0.1, 0.15) is 17.0 Å². The van der Waals surface area contributed by atoms with Gasteiger partial charge in [0.2, 0.25) is 5.75 Å². The Balaban J connectivity index is 2.15. The highest BCUT2D eigenvalue weighted by Gasteiger charge is 2.36. The molecule has 0 fully saturated rings. The third-order valence-electron chi connectivity index (χ3n) is 5.19. The van der Waals surface area contributed by atoms with Crippen molar-refractivity contribution in [2.75, 3.05) is 28.4 Å². The summed E-state index contributed by atoms with van der Waals surface area (Å²) in [7, 11) is 5.30. The van der Waals surface area contributed by atoms with Crippen molar-refractivity contribution in [3.63, 3.8) is 0 Å². The van der Waals surface area contributed by atoms with E-state index in [2.05, 4.69) is 0 Å². The zero-order valence-electron chi connectivity index (χ0n) is 18.6. The molecule has 2 aromatic carbocycles. The molecule has 0 spiro atoms. The first-order valence-electron chi connectivity index (χ1n) is 9.88. The summed E-state index contributed by atoms with van der Waals surface area (Å²) in [6.45, 7) is 0.368. The Morgan fingerprint density at radius 2 is 1.39 bits per heavy atom. The van der Waals surface area contributed by atoms with Gasteiger partial charge in [-0.3, -0.25) is 0 Å². The van der Waals surface area contributed by atoms with Gasteiger partial charge in [0, 0.05) is 24.0 Å². The summed E-state index contributed by atoms with van der Waals surface area (Å²) < 4.78 is 20.5. The molecule has 0 saturated carbocycles. The van der Waals surface area contributed by atoms with E-state index >= 15 is 0 Å². The minimum absolute atomic E-state index is 0.126. The molecule has 1 aliphatic rings. The minimum atomic E-state index is -0.852. The molecule has 0 aliphatic carbocycles. The summed E-state index contributed by atoms with van der Waals surface area (Å²) in [6.07, 6.45) is 3.23. The molecule has 33 heavy (non-hydrogen) atoms. The first-order valence-corrected chi connectivity index (χ1v) is 10.3. The van der Waals surface area contributed by atoms with E-state index in [0.717, 1.165) is 5.56 Å². The van der Waals surface area contributed by atoms with Gasteiger partial charge in [-0.2, -0.15) is 0 Å². The molecule has 0 amide bonds. The fourth-order valence-corrected chi connectivity index (χ4v) is 3.75. The van der Waals surface area contributed by atoms with Gasteiger partial charge in [0.15, 0.2) is 11.5 Å². The van der Waals surface area contributed by atoms with Crippen molar-refractivity contribution in [3.8, 4) is 17.2 Å². The number of rotatable bonds is 7. The van der Waals surface area contributed by atoms with Crippen molar-refractivity contribution in [2.24, 2.45) is 0 Å². The van der Waals surface area contributed by atoms with Crippen LogP contribution in [0.25, 0.3) is 0 Å². The molecule has 1 heterocycles. The van der Waals surface area contributed by atoms with Gasteiger partial charge < -0.3 is 29.0 Å². The van der Waals surface area contributed by atoms with Crippen molar-refractivity contribution < 1.29 is 33.6 Å². The zero-order chi connectivity index (χ0) is 24.1. The first-order chi connectivity index (χ1) is 15.8. The summed E-state index contributed by atoms with van der Waals surface area (Å²) in [5.74, 6) is -2.04. The number of carbonyl (C=O) groups excluding carboxylic acids is 2. The number of halogens is 1. The maximum Gasteiger partial charge on any atom is 0.336 e. The van der Waals surface area contributed by atoms with Crippen molar-refractivity contribution in [1.29, 1.82) is 0 Å². The normalized spacial score (nSPS) is 13.7. The molecule has 174 valence electrons. The van der Waals surface area contributed by atoms with Crippen LogP contribution in [0.3, 0.4) is 0 Å². The molecule has 9 heteroatoms. The van der Waals surface area contributed by atoms with Gasteiger partial charge in [-0.1, -0.05) is 23.7 Å². The lowest BCUT2D eigenvalue weighted by molar-refractivity contribution is -0.137. The fraction of sp³-hybridized carbons (Fsp3) is 0.250. The number of carbonyl (C=O) groups is 2. The molecular formula is C24H24ClNO7. The summed E-state index contributed by atoms with van der Waals surface area (Å²) in [4.78, 5) is 27.3. The number of nitrogens with zero attached hydrogens (tertiary/aromatic N) is 1. The van der Waals surface area contributed by atoms with Crippen LogP contribution in [0, 0.1) is 0 Å². The molecule has 2 aromatic rings. The van der Waals surface area contributed by atoms with Gasteiger partial charge in [-0.25, -0.2) is 9.59 Å². The predicted octanol–water partition coefficient (Wildman–Crippen LogP) is 3.78. The van der Waals surface area contributed by atoms with E-state index in [1.807, 2.05) is 12.1 Å². The second kappa shape index (κ2) is 10.3. The average molecular weight is 474 g/mol. The molecule has 0 bridgehead atoms. The highest BCUT2D eigenvalue weighted by atomic mass is 35.5. The van der Waals surface area contributed by atoms with E-state index in [9.17, 15) is 14.7 Å². The number of hydrogen-bond acceptors (Lipinski definition) is 8. The second-order valence-electron chi connectivity index (χ2n) is 7.16. The number of hydrogen-bond donors (Lipinski definition) is 1. The maximum absolute atomic E-state index is 12.8. The maximum atomic E-state index is 12.8. The Kier molecular flexibility index (Phi) is 7.50. The molecule has 0 unspecified atom stereocenters. The number of phenolic OH excluding ortho intramolecular Hbond substituents is 1.